The molecule has 0 N–H and O–H groups in total. The minimum atomic E-state index is 1.01. The molecule has 0 atom stereocenters. The Morgan fingerprint density at radius 2 is 1.62 bits per heavy atom. The predicted molar refractivity (Wildman–Crippen MR) is 74.7 cm³/mol. The summed E-state index contributed by atoms with van der Waals surface area (Å²) in [7, 11) is 0. The molecule has 1 heteroatoms. The van der Waals surface area contributed by atoms with Gasteiger partial charge in [0.15, 0.2) is 0 Å². The zero-order chi connectivity index (χ0) is 12.2. The zero-order valence-corrected chi connectivity index (χ0v) is 11.0. The fourth-order valence-corrected chi connectivity index (χ4v) is 1.63. The molecule has 0 rings (SSSR count). The molecule has 0 bridgehead atoms. The summed E-state index contributed by atoms with van der Waals surface area (Å²) in [4.78, 5) is 2.52. The van der Waals surface area contributed by atoms with E-state index in [-0.39, 0.29) is 0 Å². The molecular weight excluding hydrogens is 194 g/mol. The first kappa shape index (κ1) is 15.2. The van der Waals surface area contributed by atoms with Crippen molar-refractivity contribution < 1.29 is 0 Å². The Bertz CT molecular complexity index is 207. The van der Waals surface area contributed by atoms with Crippen molar-refractivity contribution in [2.45, 2.75) is 39.5 Å². The van der Waals surface area contributed by atoms with Gasteiger partial charge in [-0.2, -0.15) is 0 Å². The Morgan fingerprint density at radius 3 is 2.00 bits per heavy atom. The lowest BCUT2D eigenvalue weighted by molar-refractivity contribution is 0.288. The molecule has 0 unspecified atom stereocenters. The van der Waals surface area contributed by atoms with Crippen molar-refractivity contribution in [3.05, 3.63) is 37.0 Å². The van der Waals surface area contributed by atoms with E-state index in [1.54, 1.807) is 0 Å². The summed E-state index contributed by atoms with van der Waals surface area (Å²) in [6.07, 6.45) is 10.9. The van der Waals surface area contributed by atoms with Crippen molar-refractivity contribution >= 4 is 0 Å². The highest BCUT2D eigenvalue weighted by Crippen LogP contribution is 2.05. The van der Waals surface area contributed by atoms with Crippen LogP contribution in [0.2, 0.25) is 0 Å². The topological polar surface area (TPSA) is 3.24 Å². The number of nitrogens with zero attached hydrogens (tertiary/aromatic N) is 1. The number of allylic oxidation sites excluding steroid dienone is 2. The SMILES string of the molecule is C=C/C=C(\C=C)CN(CCCC)CCCC. The van der Waals surface area contributed by atoms with E-state index in [4.69, 9.17) is 0 Å². The molecule has 0 saturated carbocycles. The van der Waals surface area contributed by atoms with E-state index >= 15 is 0 Å². The third kappa shape index (κ3) is 7.47. The Labute approximate surface area is 102 Å². The molecule has 0 saturated heterocycles. The lowest BCUT2D eigenvalue weighted by Crippen LogP contribution is -2.28. The van der Waals surface area contributed by atoms with Crippen molar-refractivity contribution in [1.29, 1.82) is 0 Å². The first-order valence-electron chi connectivity index (χ1n) is 6.44. The predicted octanol–water partition coefficient (Wildman–Crippen LogP) is 4.19. The molecule has 0 aromatic carbocycles. The molecule has 0 aliphatic rings. The average molecular weight is 221 g/mol. The maximum atomic E-state index is 3.85. The molecule has 0 aromatic heterocycles. The fraction of sp³-hybridized carbons (Fsp3) is 0.600. The summed E-state index contributed by atoms with van der Waals surface area (Å²) in [6.45, 7) is 15.5. The Kier molecular flexibility index (Phi) is 10.1. The quantitative estimate of drug-likeness (QED) is 0.500. The van der Waals surface area contributed by atoms with E-state index in [0.717, 1.165) is 6.54 Å². The van der Waals surface area contributed by atoms with Crippen LogP contribution in [0.25, 0.3) is 0 Å². The molecule has 1 nitrogen and oxygen atoms in total. The second-order valence-corrected chi connectivity index (χ2v) is 4.16. The van der Waals surface area contributed by atoms with Crippen LogP contribution in [0.4, 0.5) is 0 Å². The molecule has 0 aromatic rings. The molecule has 0 spiro atoms. The number of unbranched alkanes of at least 4 members (excludes halogenated alkanes) is 2. The van der Waals surface area contributed by atoms with Gasteiger partial charge < -0.3 is 0 Å². The maximum Gasteiger partial charge on any atom is 0.0233 e. The summed E-state index contributed by atoms with van der Waals surface area (Å²) in [5.41, 5.74) is 1.27. The van der Waals surface area contributed by atoms with Gasteiger partial charge in [0, 0.05) is 6.54 Å². The zero-order valence-electron chi connectivity index (χ0n) is 11.0. The second-order valence-electron chi connectivity index (χ2n) is 4.16. The van der Waals surface area contributed by atoms with Crippen molar-refractivity contribution in [1.82, 2.24) is 4.90 Å². The van der Waals surface area contributed by atoms with Crippen LogP contribution in [0.5, 0.6) is 0 Å². The second kappa shape index (κ2) is 10.7. The van der Waals surface area contributed by atoms with Crippen LogP contribution in [0.3, 0.4) is 0 Å². The highest BCUT2D eigenvalue weighted by molar-refractivity contribution is 5.22. The lowest BCUT2D eigenvalue weighted by Gasteiger charge is -2.22. The molecule has 92 valence electrons. The van der Waals surface area contributed by atoms with Crippen LogP contribution in [0.1, 0.15) is 39.5 Å². The summed E-state index contributed by atoms with van der Waals surface area (Å²) in [5, 5.41) is 0. The van der Waals surface area contributed by atoms with E-state index in [0.29, 0.717) is 0 Å². The number of rotatable bonds is 10. The molecule has 0 radical (unpaired) electrons. The smallest absolute Gasteiger partial charge is 0.0233 e. The largest absolute Gasteiger partial charge is 0.299 e. The van der Waals surface area contributed by atoms with Crippen LogP contribution in [-0.2, 0) is 0 Å². The first-order chi connectivity index (χ1) is 7.78. The highest BCUT2D eigenvalue weighted by Gasteiger charge is 2.04. The van der Waals surface area contributed by atoms with Crippen LogP contribution in [0.15, 0.2) is 37.0 Å². The first-order valence-corrected chi connectivity index (χ1v) is 6.44. The number of hydrogen-bond donors (Lipinski definition) is 0. The van der Waals surface area contributed by atoms with Crippen molar-refractivity contribution in [3.8, 4) is 0 Å². The molecule has 16 heavy (non-hydrogen) atoms. The minimum absolute atomic E-state index is 1.01. The van der Waals surface area contributed by atoms with E-state index < -0.39 is 0 Å². The summed E-state index contributed by atoms with van der Waals surface area (Å²) < 4.78 is 0. The highest BCUT2D eigenvalue weighted by atomic mass is 15.1. The van der Waals surface area contributed by atoms with Gasteiger partial charge in [-0.25, -0.2) is 0 Å². The molecule has 0 heterocycles. The minimum Gasteiger partial charge on any atom is -0.299 e. The van der Waals surface area contributed by atoms with Gasteiger partial charge in [-0.1, -0.05) is 58.1 Å². The van der Waals surface area contributed by atoms with Gasteiger partial charge in [0.25, 0.3) is 0 Å². The van der Waals surface area contributed by atoms with E-state index in [1.165, 1.54) is 44.3 Å². The van der Waals surface area contributed by atoms with E-state index in [9.17, 15) is 0 Å². The van der Waals surface area contributed by atoms with Crippen molar-refractivity contribution in [2.24, 2.45) is 0 Å². The Hall–Kier alpha value is -0.820. The Morgan fingerprint density at radius 1 is 1.06 bits per heavy atom. The normalized spacial score (nSPS) is 11.8. The summed E-state index contributed by atoms with van der Waals surface area (Å²) in [5.74, 6) is 0. The van der Waals surface area contributed by atoms with Gasteiger partial charge >= 0.3 is 0 Å². The molecule has 0 aliphatic carbocycles. The van der Waals surface area contributed by atoms with Crippen LogP contribution < -0.4 is 0 Å². The molecule has 0 aliphatic heterocycles. The van der Waals surface area contributed by atoms with Crippen LogP contribution in [-0.4, -0.2) is 24.5 Å². The van der Waals surface area contributed by atoms with E-state index in [1.807, 2.05) is 12.2 Å². The number of hydrogen-bond acceptors (Lipinski definition) is 1. The third-order valence-electron chi connectivity index (χ3n) is 2.66. The summed E-state index contributed by atoms with van der Waals surface area (Å²) in [6, 6.07) is 0. The third-order valence-corrected chi connectivity index (χ3v) is 2.66. The van der Waals surface area contributed by atoms with Crippen LogP contribution in [0, 0.1) is 0 Å². The van der Waals surface area contributed by atoms with Gasteiger partial charge in [0.1, 0.15) is 0 Å². The van der Waals surface area contributed by atoms with Gasteiger partial charge in [-0.15, -0.1) is 0 Å². The lowest BCUT2D eigenvalue weighted by atomic mass is 10.2. The standard InChI is InChI=1S/C15H27N/c1-5-9-12-16(13-10-6-2)14-15(8-4)11-7-3/h7-8,11H,3-6,9-10,12-14H2,1-2H3/b15-11+. The molecular formula is C15H27N. The van der Waals surface area contributed by atoms with Gasteiger partial charge in [-0.3, -0.25) is 4.90 Å². The Balaban J connectivity index is 4.20. The summed E-state index contributed by atoms with van der Waals surface area (Å²) >= 11 is 0. The molecule has 0 fully saturated rings. The van der Waals surface area contributed by atoms with Crippen LogP contribution >= 0.6 is 0 Å². The maximum absolute atomic E-state index is 3.85. The van der Waals surface area contributed by atoms with Crippen molar-refractivity contribution in [2.75, 3.05) is 19.6 Å². The average Bonchev–Trinajstić information content (AvgIpc) is 2.31. The molecule has 0 amide bonds. The van der Waals surface area contributed by atoms with Gasteiger partial charge in [-0.05, 0) is 31.5 Å². The van der Waals surface area contributed by atoms with Gasteiger partial charge in [0.05, 0.1) is 0 Å². The van der Waals surface area contributed by atoms with E-state index in [2.05, 4.69) is 38.0 Å². The van der Waals surface area contributed by atoms with Gasteiger partial charge in [0.2, 0.25) is 0 Å². The fourth-order valence-electron chi connectivity index (χ4n) is 1.63. The monoisotopic (exact) mass is 221 g/mol. The van der Waals surface area contributed by atoms with Crippen molar-refractivity contribution in [3.63, 3.8) is 0 Å².